The van der Waals surface area contributed by atoms with Crippen LogP contribution < -0.4 is 10.6 Å². The first-order valence-corrected chi connectivity index (χ1v) is 9.46. The van der Waals surface area contributed by atoms with Crippen molar-refractivity contribution >= 4 is 51.4 Å². The lowest BCUT2D eigenvalue weighted by Crippen LogP contribution is -2.35. The van der Waals surface area contributed by atoms with Crippen LogP contribution in [0.25, 0.3) is 0 Å². The maximum atomic E-state index is 6.21. The summed E-state index contributed by atoms with van der Waals surface area (Å²) in [5.41, 5.74) is 5.73. The van der Waals surface area contributed by atoms with E-state index in [0.29, 0.717) is 16.0 Å². The van der Waals surface area contributed by atoms with Gasteiger partial charge >= 0.3 is 0 Å². The summed E-state index contributed by atoms with van der Waals surface area (Å²) in [4.78, 5) is 3.19. The van der Waals surface area contributed by atoms with Crippen LogP contribution in [0.4, 0.5) is 5.13 Å². The van der Waals surface area contributed by atoms with Crippen molar-refractivity contribution in [3.63, 3.8) is 0 Å². The zero-order chi connectivity index (χ0) is 15.5. The van der Waals surface area contributed by atoms with Crippen LogP contribution in [0.3, 0.4) is 0 Å². The van der Waals surface area contributed by atoms with Gasteiger partial charge in [0.1, 0.15) is 0 Å². The van der Waals surface area contributed by atoms with Crippen molar-refractivity contribution in [3.05, 3.63) is 28.2 Å². The highest BCUT2D eigenvalue weighted by molar-refractivity contribution is 8.01. The maximum Gasteiger partial charge on any atom is 0.209 e. The largest absolute Gasteiger partial charge is 0.347 e. The fourth-order valence-electron chi connectivity index (χ4n) is 2.39. The van der Waals surface area contributed by atoms with Gasteiger partial charge in [-0.05, 0) is 37.4 Å². The van der Waals surface area contributed by atoms with Crippen LogP contribution in [-0.4, -0.2) is 29.8 Å². The van der Waals surface area contributed by atoms with Gasteiger partial charge in [0.05, 0.1) is 10.0 Å². The third-order valence-corrected chi connectivity index (χ3v) is 6.75. The zero-order valence-electron chi connectivity index (χ0n) is 11.8. The Bertz CT molecular complexity index is 642. The number of benzene rings is 1. The van der Waals surface area contributed by atoms with Crippen molar-refractivity contribution in [3.8, 4) is 0 Å². The average molecular weight is 375 g/mol. The second-order valence-corrected chi connectivity index (χ2v) is 8.20. The minimum atomic E-state index is 0.556. The molecule has 0 spiro atoms. The molecular formula is C14H16Cl2N4S2. The number of nitrogens with two attached hydrogens (primary N) is 1. The van der Waals surface area contributed by atoms with Gasteiger partial charge < -0.3 is 10.6 Å². The van der Waals surface area contributed by atoms with E-state index in [9.17, 15) is 0 Å². The molecule has 0 radical (unpaired) electrons. The third-order valence-electron chi connectivity index (χ3n) is 3.73. The summed E-state index contributed by atoms with van der Waals surface area (Å²) in [5, 5.41) is 10.7. The molecule has 1 aliphatic heterocycles. The van der Waals surface area contributed by atoms with Crippen molar-refractivity contribution < 1.29 is 0 Å². The molecule has 118 valence electrons. The molecule has 1 aliphatic rings. The molecule has 1 saturated heterocycles. The van der Waals surface area contributed by atoms with Crippen LogP contribution in [0.5, 0.6) is 0 Å². The standard InChI is InChI=1S/C14H16Cl2N4S2/c15-10-2-1-3-11(12(10)16)21-14-19-18-13(22-14)20-6-4-9(8-17)5-7-20/h1-3,9H,4-8,17H2. The second-order valence-electron chi connectivity index (χ2n) is 5.17. The number of halogens is 2. The summed E-state index contributed by atoms with van der Waals surface area (Å²) < 4.78 is 0.875. The smallest absolute Gasteiger partial charge is 0.209 e. The molecule has 2 N–H and O–H groups in total. The lowest BCUT2D eigenvalue weighted by Gasteiger charge is -2.30. The Hall–Kier alpha value is -0.530. The molecule has 1 aromatic carbocycles. The van der Waals surface area contributed by atoms with E-state index in [-0.39, 0.29) is 0 Å². The van der Waals surface area contributed by atoms with E-state index < -0.39 is 0 Å². The number of hydrogen-bond acceptors (Lipinski definition) is 6. The van der Waals surface area contributed by atoms with Gasteiger partial charge in [0.2, 0.25) is 5.13 Å². The molecule has 0 aliphatic carbocycles. The van der Waals surface area contributed by atoms with Gasteiger partial charge in [-0.3, -0.25) is 0 Å². The van der Waals surface area contributed by atoms with Gasteiger partial charge in [-0.1, -0.05) is 52.4 Å². The molecule has 3 rings (SSSR count). The van der Waals surface area contributed by atoms with Gasteiger partial charge in [0.15, 0.2) is 4.34 Å². The highest BCUT2D eigenvalue weighted by Gasteiger charge is 2.21. The SMILES string of the molecule is NCC1CCN(c2nnc(Sc3cccc(Cl)c3Cl)s2)CC1. The Morgan fingerprint density at radius 2 is 2.05 bits per heavy atom. The minimum Gasteiger partial charge on any atom is -0.347 e. The summed E-state index contributed by atoms with van der Waals surface area (Å²) >= 11 is 15.3. The van der Waals surface area contributed by atoms with Gasteiger partial charge in [-0.15, -0.1) is 10.2 Å². The molecule has 0 amide bonds. The third kappa shape index (κ3) is 3.68. The number of anilines is 1. The van der Waals surface area contributed by atoms with Gasteiger partial charge in [0.25, 0.3) is 0 Å². The summed E-state index contributed by atoms with van der Waals surface area (Å²) in [6.45, 7) is 2.77. The van der Waals surface area contributed by atoms with Crippen molar-refractivity contribution in [2.24, 2.45) is 11.7 Å². The Morgan fingerprint density at radius 1 is 1.27 bits per heavy atom. The molecule has 0 atom stereocenters. The van der Waals surface area contributed by atoms with E-state index in [1.807, 2.05) is 12.1 Å². The van der Waals surface area contributed by atoms with E-state index in [1.165, 1.54) is 11.8 Å². The van der Waals surface area contributed by atoms with E-state index in [4.69, 9.17) is 28.9 Å². The summed E-state index contributed by atoms with van der Waals surface area (Å²) in [5.74, 6) is 0.642. The highest BCUT2D eigenvalue weighted by atomic mass is 35.5. The lowest BCUT2D eigenvalue weighted by atomic mass is 9.98. The minimum absolute atomic E-state index is 0.556. The molecule has 2 heterocycles. The molecule has 1 aromatic heterocycles. The molecule has 0 saturated carbocycles. The Labute approximate surface area is 148 Å². The van der Waals surface area contributed by atoms with Crippen molar-refractivity contribution in [2.45, 2.75) is 22.1 Å². The van der Waals surface area contributed by atoms with E-state index in [1.54, 1.807) is 17.4 Å². The van der Waals surface area contributed by atoms with Gasteiger partial charge in [-0.25, -0.2) is 0 Å². The van der Waals surface area contributed by atoms with Crippen LogP contribution in [0.1, 0.15) is 12.8 Å². The van der Waals surface area contributed by atoms with Crippen LogP contribution in [0.2, 0.25) is 10.0 Å². The first-order valence-electron chi connectivity index (χ1n) is 7.07. The molecule has 1 fully saturated rings. The molecular weight excluding hydrogens is 359 g/mol. The number of hydrogen-bond donors (Lipinski definition) is 1. The topological polar surface area (TPSA) is 55.0 Å². The monoisotopic (exact) mass is 374 g/mol. The zero-order valence-corrected chi connectivity index (χ0v) is 15.0. The van der Waals surface area contributed by atoms with Crippen molar-refractivity contribution in [1.29, 1.82) is 0 Å². The first-order chi connectivity index (χ1) is 10.7. The average Bonchev–Trinajstić information content (AvgIpc) is 3.00. The van der Waals surface area contributed by atoms with E-state index in [0.717, 1.165) is 46.8 Å². The summed E-state index contributed by atoms with van der Waals surface area (Å²) in [6.07, 6.45) is 2.25. The molecule has 4 nitrogen and oxygen atoms in total. The van der Waals surface area contributed by atoms with Crippen LogP contribution >= 0.6 is 46.3 Å². The molecule has 22 heavy (non-hydrogen) atoms. The van der Waals surface area contributed by atoms with Gasteiger partial charge in [0, 0.05) is 18.0 Å². The fourth-order valence-corrected chi connectivity index (χ4v) is 4.77. The van der Waals surface area contributed by atoms with Gasteiger partial charge in [-0.2, -0.15) is 0 Å². The molecule has 8 heteroatoms. The molecule has 0 unspecified atom stereocenters. The number of piperidine rings is 1. The Morgan fingerprint density at radius 3 is 2.77 bits per heavy atom. The van der Waals surface area contributed by atoms with Crippen molar-refractivity contribution in [2.75, 3.05) is 24.5 Å². The molecule has 2 aromatic rings. The lowest BCUT2D eigenvalue weighted by molar-refractivity contribution is 0.414. The number of nitrogens with zero attached hydrogens (tertiary/aromatic N) is 3. The summed E-state index contributed by atoms with van der Waals surface area (Å²) in [7, 11) is 0. The molecule has 0 bridgehead atoms. The first kappa shape index (κ1) is 16.3. The predicted molar refractivity (Wildman–Crippen MR) is 94.5 cm³/mol. The number of rotatable bonds is 4. The Balaban J connectivity index is 1.68. The Kier molecular flexibility index (Phi) is 5.46. The summed E-state index contributed by atoms with van der Waals surface area (Å²) in [6, 6.07) is 5.60. The number of aromatic nitrogens is 2. The van der Waals surface area contributed by atoms with E-state index >= 15 is 0 Å². The van der Waals surface area contributed by atoms with Crippen LogP contribution in [0.15, 0.2) is 27.4 Å². The van der Waals surface area contributed by atoms with Crippen LogP contribution in [-0.2, 0) is 0 Å². The normalized spacial score (nSPS) is 16.2. The quantitative estimate of drug-likeness (QED) is 0.869. The van der Waals surface area contributed by atoms with Crippen molar-refractivity contribution in [1.82, 2.24) is 10.2 Å². The predicted octanol–water partition coefficient (Wildman–Crippen LogP) is 4.17. The van der Waals surface area contributed by atoms with E-state index in [2.05, 4.69) is 15.1 Å². The van der Waals surface area contributed by atoms with Crippen LogP contribution in [0, 0.1) is 5.92 Å². The maximum absolute atomic E-state index is 6.21. The fraction of sp³-hybridized carbons (Fsp3) is 0.429. The highest BCUT2D eigenvalue weighted by Crippen LogP contribution is 2.39. The second kappa shape index (κ2) is 7.36.